The predicted molar refractivity (Wildman–Crippen MR) is 129 cm³/mol. The molecule has 180 valence electrons. The number of anilines is 1. The van der Waals surface area contributed by atoms with Gasteiger partial charge in [-0.15, -0.1) is 0 Å². The Hall–Kier alpha value is -3.55. The molecule has 1 saturated heterocycles. The maximum Gasteiger partial charge on any atom is 0.354 e. The van der Waals surface area contributed by atoms with Crippen LogP contribution in [0.4, 0.5) is 5.69 Å². The van der Waals surface area contributed by atoms with Crippen LogP contribution in [0.3, 0.4) is 0 Å². The molecule has 0 saturated carbocycles. The minimum Gasteiger partial charge on any atom is -0.490 e. The summed E-state index contributed by atoms with van der Waals surface area (Å²) in [6.07, 6.45) is 1.67. The number of carbonyl (C=O) groups excluding carboxylic acids is 2. The van der Waals surface area contributed by atoms with E-state index in [1.54, 1.807) is 11.9 Å². The third-order valence-corrected chi connectivity index (χ3v) is 5.92. The Morgan fingerprint density at radius 1 is 0.941 bits per heavy atom. The van der Waals surface area contributed by atoms with Gasteiger partial charge in [0.15, 0.2) is 11.5 Å². The van der Waals surface area contributed by atoms with Gasteiger partial charge in [0.05, 0.1) is 18.9 Å². The van der Waals surface area contributed by atoms with Crippen molar-refractivity contribution in [3.05, 3.63) is 54.6 Å². The van der Waals surface area contributed by atoms with Crippen molar-refractivity contribution in [1.29, 1.82) is 0 Å². The van der Waals surface area contributed by atoms with E-state index in [0.29, 0.717) is 19.7 Å². The molecule has 0 radical (unpaired) electrons. The van der Waals surface area contributed by atoms with Crippen molar-refractivity contribution in [2.75, 3.05) is 31.3 Å². The van der Waals surface area contributed by atoms with Crippen LogP contribution in [-0.2, 0) is 14.3 Å². The van der Waals surface area contributed by atoms with Crippen LogP contribution >= 0.6 is 0 Å². The number of benzene rings is 2. The molecule has 0 aliphatic carbocycles. The van der Waals surface area contributed by atoms with Gasteiger partial charge in [-0.1, -0.05) is 30.3 Å². The van der Waals surface area contributed by atoms with E-state index in [1.807, 2.05) is 66.4 Å². The average molecular weight is 466 g/mol. The Balaban J connectivity index is 1.41. The van der Waals surface area contributed by atoms with E-state index in [0.717, 1.165) is 30.0 Å². The molecule has 2 heterocycles. The number of hydrazone groups is 1. The fraction of sp³-hybridized carbons (Fsp3) is 0.423. The summed E-state index contributed by atoms with van der Waals surface area (Å²) in [6, 6.07) is 16.5. The normalized spacial score (nSPS) is 18.4. The smallest absolute Gasteiger partial charge is 0.354 e. The molecule has 1 unspecified atom stereocenters. The van der Waals surface area contributed by atoms with Crippen molar-refractivity contribution in [3.63, 3.8) is 0 Å². The van der Waals surface area contributed by atoms with E-state index in [1.165, 1.54) is 0 Å². The van der Waals surface area contributed by atoms with E-state index < -0.39 is 12.0 Å². The number of hydrogen-bond donors (Lipinski definition) is 0. The van der Waals surface area contributed by atoms with Crippen molar-refractivity contribution in [3.8, 4) is 11.5 Å². The van der Waals surface area contributed by atoms with Gasteiger partial charge < -0.3 is 19.1 Å². The van der Waals surface area contributed by atoms with Gasteiger partial charge in [-0.05, 0) is 38.1 Å². The molecule has 0 aromatic heterocycles. The average Bonchev–Trinajstić information content (AvgIpc) is 3.32. The summed E-state index contributed by atoms with van der Waals surface area (Å²) < 4.78 is 17.0. The van der Waals surface area contributed by atoms with Gasteiger partial charge in [-0.3, -0.25) is 9.80 Å². The van der Waals surface area contributed by atoms with Crippen LogP contribution in [0.2, 0.25) is 0 Å². The minimum absolute atomic E-state index is 0.00537. The summed E-state index contributed by atoms with van der Waals surface area (Å²) in [5.74, 6) is 0.947. The summed E-state index contributed by atoms with van der Waals surface area (Å²) in [5.41, 5.74) is 1.04. The van der Waals surface area contributed by atoms with Crippen LogP contribution in [0.25, 0.3) is 0 Å². The van der Waals surface area contributed by atoms with Crippen LogP contribution in [0.1, 0.15) is 33.1 Å². The largest absolute Gasteiger partial charge is 0.490 e. The molecule has 1 atom stereocenters. The molecule has 34 heavy (non-hydrogen) atoms. The lowest BCUT2D eigenvalue weighted by atomic mass is 10.0. The van der Waals surface area contributed by atoms with Crippen LogP contribution in [0, 0.1) is 0 Å². The molecule has 0 spiro atoms. The highest BCUT2D eigenvalue weighted by molar-refractivity contribution is 6.38. The number of ether oxygens (including phenoxy) is 3. The highest BCUT2D eigenvalue weighted by atomic mass is 16.5. The van der Waals surface area contributed by atoms with Crippen molar-refractivity contribution < 1.29 is 23.8 Å². The van der Waals surface area contributed by atoms with E-state index in [2.05, 4.69) is 5.10 Å². The number of amides is 1. The van der Waals surface area contributed by atoms with Crippen LogP contribution in [0.5, 0.6) is 11.5 Å². The molecule has 2 aromatic carbocycles. The summed E-state index contributed by atoms with van der Waals surface area (Å²) >= 11 is 0. The van der Waals surface area contributed by atoms with Gasteiger partial charge in [-0.2, -0.15) is 5.10 Å². The molecular weight excluding hydrogens is 434 g/mol. The second kappa shape index (κ2) is 11.0. The van der Waals surface area contributed by atoms with E-state index >= 15 is 0 Å². The quantitative estimate of drug-likeness (QED) is 0.554. The Kier molecular flexibility index (Phi) is 7.67. The fourth-order valence-corrected chi connectivity index (χ4v) is 4.27. The molecule has 8 heteroatoms. The van der Waals surface area contributed by atoms with Gasteiger partial charge in [0.2, 0.25) is 5.91 Å². The molecule has 0 N–H and O–H groups in total. The molecule has 1 amide bonds. The van der Waals surface area contributed by atoms with E-state index in [9.17, 15) is 9.59 Å². The highest BCUT2D eigenvalue weighted by Gasteiger charge is 2.40. The lowest BCUT2D eigenvalue weighted by molar-refractivity contribution is -0.135. The van der Waals surface area contributed by atoms with E-state index in [-0.39, 0.29) is 30.8 Å². The van der Waals surface area contributed by atoms with Crippen molar-refractivity contribution in [1.82, 2.24) is 4.90 Å². The lowest BCUT2D eigenvalue weighted by Crippen LogP contribution is -2.49. The summed E-state index contributed by atoms with van der Waals surface area (Å²) in [6.45, 7) is 5.69. The number of likely N-dealkylation sites (tertiary alicyclic amines) is 1. The summed E-state index contributed by atoms with van der Waals surface area (Å²) in [7, 11) is 0. The standard InChI is InChI=1S/C26H31N3O5/c1-3-32-23-12-8-9-13-24(23)34-20-14-16-28(17-15-20)25(30)22-18-21(26(31)33-4-2)27-29(22)19-10-6-5-7-11-19/h5-13,20,22H,3-4,14-18H2,1-2H3. The van der Waals surface area contributed by atoms with Gasteiger partial charge in [0, 0.05) is 32.4 Å². The molecule has 8 nitrogen and oxygen atoms in total. The lowest BCUT2D eigenvalue weighted by Gasteiger charge is -2.35. The number of esters is 1. The number of piperidine rings is 1. The zero-order valence-electron chi connectivity index (χ0n) is 19.7. The van der Waals surface area contributed by atoms with Gasteiger partial charge in [0.25, 0.3) is 0 Å². The SMILES string of the molecule is CCOC(=O)C1=NN(c2ccccc2)C(C(=O)N2CCC(Oc3ccccc3OCC)CC2)C1. The second-order valence-corrected chi connectivity index (χ2v) is 8.19. The monoisotopic (exact) mass is 465 g/mol. The number of hydrogen-bond acceptors (Lipinski definition) is 7. The molecule has 4 rings (SSSR count). The Labute approximate surface area is 200 Å². The van der Waals surface area contributed by atoms with Crippen molar-refractivity contribution in [2.45, 2.75) is 45.3 Å². The molecule has 1 fully saturated rings. The third kappa shape index (κ3) is 5.32. The first-order chi connectivity index (χ1) is 16.6. The van der Waals surface area contributed by atoms with Crippen LogP contribution in [-0.4, -0.2) is 60.9 Å². The van der Waals surface area contributed by atoms with E-state index in [4.69, 9.17) is 14.2 Å². The first-order valence-corrected chi connectivity index (χ1v) is 11.9. The van der Waals surface area contributed by atoms with Gasteiger partial charge in [0.1, 0.15) is 17.9 Å². The Morgan fingerprint density at radius 2 is 1.62 bits per heavy atom. The molecule has 2 aliphatic rings. The molecule has 2 aliphatic heterocycles. The Morgan fingerprint density at radius 3 is 2.29 bits per heavy atom. The second-order valence-electron chi connectivity index (χ2n) is 8.19. The first kappa shape index (κ1) is 23.6. The third-order valence-electron chi connectivity index (χ3n) is 5.92. The van der Waals surface area contributed by atoms with Crippen LogP contribution in [0.15, 0.2) is 59.7 Å². The predicted octanol–water partition coefficient (Wildman–Crippen LogP) is 3.65. The van der Waals surface area contributed by atoms with Gasteiger partial charge >= 0.3 is 5.97 Å². The fourth-order valence-electron chi connectivity index (χ4n) is 4.27. The zero-order chi connectivity index (χ0) is 23.9. The minimum atomic E-state index is -0.571. The first-order valence-electron chi connectivity index (χ1n) is 11.9. The highest BCUT2D eigenvalue weighted by Crippen LogP contribution is 2.31. The maximum atomic E-state index is 13.5. The molecule has 0 bridgehead atoms. The maximum absolute atomic E-state index is 13.5. The Bertz CT molecular complexity index is 1020. The van der Waals surface area contributed by atoms with Crippen molar-refractivity contribution >= 4 is 23.3 Å². The van der Waals surface area contributed by atoms with Gasteiger partial charge in [-0.25, -0.2) is 4.79 Å². The molecular formula is C26H31N3O5. The number of nitrogens with zero attached hydrogens (tertiary/aromatic N) is 3. The summed E-state index contributed by atoms with van der Waals surface area (Å²) in [5, 5.41) is 6.11. The van der Waals surface area contributed by atoms with Crippen molar-refractivity contribution in [2.24, 2.45) is 5.10 Å². The summed E-state index contributed by atoms with van der Waals surface area (Å²) in [4.78, 5) is 27.7. The van der Waals surface area contributed by atoms with Crippen LogP contribution < -0.4 is 14.5 Å². The number of carbonyl (C=O) groups is 2. The number of rotatable bonds is 8. The topological polar surface area (TPSA) is 80.7 Å². The number of para-hydroxylation sites is 3. The molecule has 2 aromatic rings. The zero-order valence-corrected chi connectivity index (χ0v) is 19.7.